The van der Waals surface area contributed by atoms with Gasteiger partial charge in [-0.25, -0.2) is 0 Å². The summed E-state index contributed by atoms with van der Waals surface area (Å²) in [6, 6.07) is 4.09. The highest BCUT2D eigenvalue weighted by atomic mass is 16.5. The largest absolute Gasteiger partial charge is 0.496 e. The van der Waals surface area contributed by atoms with Crippen LogP contribution in [0.1, 0.15) is 16.7 Å². The molecule has 0 aliphatic heterocycles. The molecule has 1 N–H and O–H groups in total. The summed E-state index contributed by atoms with van der Waals surface area (Å²) in [5.74, 6) is 7.12. The first-order valence-electron chi connectivity index (χ1n) is 4.97. The molecule has 0 aliphatic rings. The van der Waals surface area contributed by atoms with Crippen LogP contribution in [-0.4, -0.2) is 20.7 Å². The Morgan fingerprint density at radius 3 is 2.60 bits per heavy atom. The van der Waals surface area contributed by atoms with Crippen LogP contribution in [0.2, 0.25) is 0 Å². The summed E-state index contributed by atoms with van der Waals surface area (Å²) in [5, 5.41) is 3.00. The average molecular weight is 203 g/mol. The van der Waals surface area contributed by atoms with Crippen molar-refractivity contribution in [1.29, 1.82) is 0 Å². The van der Waals surface area contributed by atoms with Crippen LogP contribution in [0.15, 0.2) is 12.1 Å². The van der Waals surface area contributed by atoms with E-state index in [1.165, 1.54) is 0 Å². The number of benzene rings is 1. The van der Waals surface area contributed by atoms with Gasteiger partial charge in [0, 0.05) is 5.56 Å². The monoisotopic (exact) mass is 203 g/mol. The highest BCUT2D eigenvalue weighted by Gasteiger charge is 2.02. The first-order valence-corrected chi connectivity index (χ1v) is 4.97. The summed E-state index contributed by atoms with van der Waals surface area (Å²) < 4.78 is 5.25. The number of hydrogen-bond donors (Lipinski definition) is 1. The van der Waals surface area contributed by atoms with Crippen LogP contribution in [0.5, 0.6) is 5.75 Å². The van der Waals surface area contributed by atoms with Crippen molar-refractivity contribution in [3.05, 3.63) is 28.8 Å². The molecule has 1 aromatic rings. The molecule has 15 heavy (non-hydrogen) atoms. The Hall–Kier alpha value is -1.46. The smallest absolute Gasteiger partial charge is 0.122 e. The molecule has 0 radical (unpaired) electrons. The molecule has 1 rings (SSSR count). The molecule has 1 aromatic carbocycles. The van der Waals surface area contributed by atoms with E-state index in [9.17, 15) is 0 Å². The number of nitrogens with one attached hydrogen (secondary N) is 1. The van der Waals surface area contributed by atoms with Gasteiger partial charge >= 0.3 is 0 Å². The van der Waals surface area contributed by atoms with Gasteiger partial charge in [-0.15, -0.1) is 0 Å². The van der Waals surface area contributed by atoms with Gasteiger partial charge in [0.05, 0.1) is 13.7 Å². The number of aryl methyl sites for hydroxylation is 2. The van der Waals surface area contributed by atoms with Crippen molar-refractivity contribution in [2.24, 2.45) is 0 Å². The van der Waals surface area contributed by atoms with Gasteiger partial charge in [0.1, 0.15) is 5.75 Å². The van der Waals surface area contributed by atoms with Crippen LogP contribution in [-0.2, 0) is 0 Å². The van der Waals surface area contributed by atoms with Crippen molar-refractivity contribution >= 4 is 0 Å². The van der Waals surface area contributed by atoms with Crippen molar-refractivity contribution in [2.45, 2.75) is 13.8 Å². The minimum absolute atomic E-state index is 0.713. The van der Waals surface area contributed by atoms with Crippen molar-refractivity contribution in [3.63, 3.8) is 0 Å². The molecule has 0 saturated carbocycles. The molecule has 2 nitrogen and oxygen atoms in total. The van der Waals surface area contributed by atoms with Crippen LogP contribution in [0, 0.1) is 25.7 Å². The first-order chi connectivity index (χ1) is 7.19. The second-order valence-corrected chi connectivity index (χ2v) is 3.47. The maximum Gasteiger partial charge on any atom is 0.122 e. The fraction of sp³-hybridized carbons (Fsp3) is 0.385. The molecule has 0 unspecified atom stereocenters. The van der Waals surface area contributed by atoms with E-state index in [1.807, 2.05) is 27.0 Å². The number of ether oxygens (including phenoxy) is 1. The van der Waals surface area contributed by atoms with Gasteiger partial charge in [-0.2, -0.15) is 0 Å². The number of methoxy groups -OCH3 is 1. The van der Waals surface area contributed by atoms with Gasteiger partial charge in [-0.3, -0.25) is 0 Å². The van der Waals surface area contributed by atoms with Crippen molar-refractivity contribution in [3.8, 4) is 17.6 Å². The topological polar surface area (TPSA) is 21.3 Å². The van der Waals surface area contributed by atoms with Crippen LogP contribution in [0.4, 0.5) is 0 Å². The summed E-state index contributed by atoms with van der Waals surface area (Å²) in [6.45, 7) is 4.79. The van der Waals surface area contributed by atoms with E-state index < -0.39 is 0 Å². The minimum atomic E-state index is 0.713. The molecule has 80 valence electrons. The lowest BCUT2D eigenvalue weighted by Crippen LogP contribution is -2.04. The van der Waals surface area contributed by atoms with Crippen LogP contribution in [0.3, 0.4) is 0 Å². The van der Waals surface area contributed by atoms with Gasteiger partial charge in [0.25, 0.3) is 0 Å². The Kier molecular flexibility index (Phi) is 4.20. The van der Waals surface area contributed by atoms with E-state index in [4.69, 9.17) is 4.74 Å². The third-order valence-electron chi connectivity index (χ3n) is 2.23. The second-order valence-electron chi connectivity index (χ2n) is 3.47. The van der Waals surface area contributed by atoms with E-state index in [2.05, 4.69) is 23.2 Å². The third-order valence-corrected chi connectivity index (χ3v) is 2.23. The molecular weight excluding hydrogens is 186 g/mol. The Bertz CT molecular complexity index is 399. The van der Waals surface area contributed by atoms with E-state index in [0.29, 0.717) is 6.54 Å². The van der Waals surface area contributed by atoms with Gasteiger partial charge in [0.15, 0.2) is 0 Å². The molecule has 0 bridgehead atoms. The maximum absolute atomic E-state index is 5.25. The zero-order valence-corrected chi connectivity index (χ0v) is 9.77. The lowest BCUT2D eigenvalue weighted by molar-refractivity contribution is 0.411. The summed E-state index contributed by atoms with van der Waals surface area (Å²) in [5.41, 5.74) is 3.35. The fourth-order valence-electron chi connectivity index (χ4n) is 1.37. The minimum Gasteiger partial charge on any atom is -0.496 e. The highest BCUT2D eigenvalue weighted by molar-refractivity contribution is 5.48. The van der Waals surface area contributed by atoms with Gasteiger partial charge in [-0.05, 0) is 44.2 Å². The van der Waals surface area contributed by atoms with E-state index in [0.717, 1.165) is 22.4 Å². The lowest BCUT2D eigenvalue weighted by Gasteiger charge is -2.07. The van der Waals surface area contributed by atoms with Crippen molar-refractivity contribution in [2.75, 3.05) is 20.7 Å². The van der Waals surface area contributed by atoms with Crippen LogP contribution in [0.25, 0.3) is 0 Å². The summed E-state index contributed by atoms with van der Waals surface area (Å²) in [4.78, 5) is 0. The van der Waals surface area contributed by atoms with E-state index in [1.54, 1.807) is 7.11 Å². The summed E-state index contributed by atoms with van der Waals surface area (Å²) in [7, 11) is 3.58. The van der Waals surface area contributed by atoms with Crippen LogP contribution < -0.4 is 10.1 Å². The molecule has 0 amide bonds. The molecule has 0 heterocycles. The molecule has 0 fully saturated rings. The van der Waals surface area contributed by atoms with Gasteiger partial charge in [0.2, 0.25) is 0 Å². The number of hydrogen-bond acceptors (Lipinski definition) is 2. The van der Waals surface area contributed by atoms with Gasteiger partial charge in [-0.1, -0.05) is 11.8 Å². The molecule has 0 saturated heterocycles. The SMILES string of the molecule is CNCC#Cc1cc(C)c(OC)cc1C. The second kappa shape index (κ2) is 5.43. The Balaban J connectivity index is 3.01. The van der Waals surface area contributed by atoms with Crippen LogP contribution >= 0.6 is 0 Å². The normalized spacial score (nSPS) is 9.33. The quantitative estimate of drug-likeness (QED) is 0.741. The predicted molar refractivity (Wildman–Crippen MR) is 63.3 cm³/mol. The highest BCUT2D eigenvalue weighted by Crippen LogP contribution is 2.21. The maximum atomic E-state index is 5.25. The molecule has 0 aromatic heterocycles. The summed E-state index contributed by atoms with van der Waals surface area (Å²) >= 11 is 0. The standard InChI is InChI=1S/C13H17NO/c1-10-9-13(15-4)11(2)8-12(10)6-5-7-14-3/h8-9,14H,7H2,1-4H3. The average Bonchev–Trinajstić information content (AvgIpc) is 2.23. The molecule has 0 aliphatic carbocycles. The Morgan fingerprint density at radius 2 is 2.00 bits per heavy atom. The fourth-order valence-corrected chi connectivity index (χ4v) is 1.37. The van der Waals surface area contributed by atoms with Crippen molar-refractivity contribution in [1.82, 2.24) is 5.32 Å². The van der Waals surface area contributed by atoms with Crippen molar-refractivity contribution < 1.29 is 4.74 Å². The molecule has 0 atom stereocenters. The summed E-state index contributed by atoms with van der Waals surface area (Å²) in [6.07, 6.45) is 0. The first kappa shape index (κ1) is 11.6. The lowest BCUT2D eigenvalue weighted by atomic mass is 10.1. The zero-order valence-electron chi connectivity index (χ0n) is 9.77. The zero-order chi connectivity index (χ0) is 11.3. The molecular formula is C13H17NO. The third kappa shape index (κ3) is 3.00. The van der Waals surface area contributed by atoms with E-state index >= 15 is 0 Å². The molecule has 0 spiro atoms. The Labute approximate surface area is 91.6 Å². The van der Waals surface area contributed by atoms with Gasteiger partial charge < -0.3 is 10.1 Å². The number of rotatable bonds is 2. The van der Waals surface area contributed by atoms with E-state index in [-0.39, 0.29) is 0 Å². The Morgan fingerprint density at radius 1 is 1.27 bits per heavy atom. The predicted octanol–water partition coefficient (Wildman–Crippen LogP) is 1.88. The molecule has 2 heteroatoms.